The topological polar surface area (TPSA) is 26.3 Å². The highest BCUT2D eigenvalue weighted by atomic mass is 35.5. The van der Waals surface area contributed by atoms with Crippen molar-refractivity contribution in [3.63, 3.8) is 0 Å². The van der Waals surface area contributed by atoms with Crippen LogP contribution in [-0.4, -0.2) is 6.29 Å². The normalized spacial score (nSPS) is 11.3. The van der Waals surface area contributed by atoms with Crippen LogP contribution < -0.4 is 4.74 Å². The van der Waals surface area contributed by atoms with E-state index in [1.807, 2.05) is 0 Å². The molecule has 0 aromatic heterocycles. The molecule has 0 unspecified atom stereocenters. The van der Waals surface area contributed by atoms with Gasteiger partial charge in [0.1, 0.15) is 11.5 Å². The van der Waals surface area contributed by atoms with Crippen molar-refractivity contribution in [3.8, 4) is 11.5 Å². The van der Waals surface area contributed by atoms with E-state index in [1.165, 1.54) is 30.3 Å². The molecule has 0 saturated carbocycles. The van der Waals surface area contributed by atoms with E-state index in [1.54, 1.807) is 0 Å². The van der Waals surface area contributed by atoms with Gasteiger partial charge in [0.2, 0.25) is 0 Å². The van der Waals surface area contributed by atoms with Crippen LogP contribution in [0.2, 0.25) is 10.0 Å². The van der Waals surface area contributed by atoms with Gasteiger partial charge in [0.05, 0.1) is 15.6 Å². The maximum Gasteiger partial charge on any atom is 0.417 e. The number of carbonyl (C=O) groups is 1. The zero-order valence-corrected chi connectivity index (χ0v) is 11.8. The van der Waals surface area contributed by atoms with Crippen LogP contribution in [0.1, 0.15) is 15.9 Å². The Morgan fingerprint density at radius 2 is 1.52 bits per heavy atom. The van der Waals surface area contributed by atoms with Crippen molar-refractivity contribution in [2.24, 2.45) is 0 Å². The van der Waals surface area contributed by atoms with Gasteiger partial charge in [0, 0.05) is 5.56 Å². The first-order chi connectivity index (χ1) is 9.84. The zero-order valence-electron chi connectivity index (χ0n) is 10.2. The van der Waals surface area contributed by atoms with Crippen LogP contribution >= 0.6 is 23.2 Å². The first kappa shape index (κ1) is 15.7. The number of ether oxygens (including phenoxy) is 1. The highest BCUT2D eigenvalue weighted by Gasteiger charge is 2.34. The molecule has 0 bridgehead atoms. The number of carbonyl (C=O) groups excluding carboxylic acids is 1. The standard InChI is InChI=1S/C14H7Cl2F3O2/c15-12-8(7-20)3-1-5-10(12)21-11-6-2-4-9(13(11)16)14(17,18)19/h1-7H. The summed E-state index contributed by atoms with van der Waals surface area (Å²) >= 11 is 11.6. The van der Waals surface area contributed by atoms with Gasteiger partial charge in [-0.25, -0.2) is 0 Å². The van der Waals surface area contributed by atoms with Crippen LogP contribution in [0.4, 0.5) is 13.2 Å². The van der Waals surface area contributed by atoms with Gasteiger partial charge in [0.25, 0.3) is 0 Å². The van der Waals surface area contributed by atoms with Crippen molar-refractivity contribution < 1.29 is 22.7 Å². The molecule has 0 heterocycles. The van der Waals surface area contributed by atoms with E-state index in [9.17, 15) is 18.0 Å². The molecule has 0 aliphatic heterocycles. The molecule has 2 aromatic carbocycles. The van der Waals surface area contributed by atoms with Crippen molar-refractivity contribution in [3.05, 3.63) is 57.6 Å². The van der Waals surface area contributed by atoms with E-state index in [0.29, 0.717) is 6.29 Å². The lowest BCUT2D eigenvalue weighted by Crippen LogP contribution is -2.06. The third-order valence-corrected chi connectivity index (χ3v) is 3.40. The SMILES string of the molecule is O=Cc1cccc(Oc2cccc(C(F)(F)F)c2Cl)c1Cl. The molecule has 110 valence electrons. The lowest BCUT2D eigenvalue weighted by Gasteiger charge is -2.14. The predicted octanol–water partition coefficient (Wildman–Crippen LogP) is 5.62. The number of benzene rings is 2. The Morgan fingerprint density at radius 3 is 2.10 bits per heavy atom. The molecule has 0 saturated heterocycles. The molecule has 0 aliphatic rings. The van der Waals surface area contributed by atoms with Crippen LogP contribution in [0.25, 0.3) is 0 Å². The zero-order chi connectivity index (χ0) is 15.6. The van der Waals surface area contributed by atoms with Crippen molar-refractivity contribution in [2.45, 2.75) is 6.18 Å². The molecule has 21 heavy (non-hydrogen) atoms. The minimum Gasteiger partial charge on any atom is -0.454 e. The maximum atomic E-state index is 12.8. The molecule has 2 rings (SSSR count). The molecule has 0 spiro atoms. The van der Waals surface area contributed by atoms with Crippen LogP contribution in [0, 0.1) is 0 Å². The highest BCUT2D eigenvalue weighted by Crippen LogP contribution is 2.41. The van der Waals surface area contributed by atoms with Gasteiger partial charge < -0.3 is 4.74 Å². The molecular weight excluding hydrogens is 328 g/mol. The van der Waals surface area contributed by atoms with E-state index in [-0.39, 0.29) is 22.1 Å². The van der Waals surface area contributed by atoms with Crippen LogP contribution in [0.15, 0.2) is 36.4 Å². The van der Waals surface area contributed by atoms with E-state index in [2.05, 4.69) is 0 Å². The monoisotopic (exact) mass is 334 g/mol. The number of halogens is 5. The molecule has 0 atom stereocenters. The number of aldehydes is 1. The maximum absolute atomic E-state index is 12.8. The second-order valence-corrected chi connectivity index (χ2v) is 4.75. The average molecular weight is 335 g/mol. The largest absolute Gasteiger partial charge is 0.454 e. The molecule has 7 heteroatoms. The Balaban J connectivity index is 2.44. The van der Waals surface area contributed by atoms with E-state index < -0.39 is 16.8 Å². The van der Waals surface area contributed by atoms with Gasteiger partial charge in [-0.2, -0.15) is 13.2 Å². The minimum absolute atomic E-state index is 0.000906. The Labute approximate surface area is 128 Å². The predicted molar refractivity (Wildman–Crippen MR) is 73.4 cm³/mol. The third-order valence-electron chi connectivity index (χ3n) is 2.61. The third kappa shape index (κ3) is 3.31. The van der Waals surface area contributed by atoms with Crippen LogP contribution in [0.5, 0.6) is 11.5 Å². The molecule has 2 nitrogen and oxygen atoms in total. The fourth-order valence-electron chi connectivity index (χ4n) is 1.62. The number of alkyl halides is 3. The Kier molecular flexibility index (Phi) is 4.44. The Morgan fingerprint density at radius 1 is 0.952 bits per heavy atom. The van der Waals surface area contributed by atoms with Crippen molar-refractivity contribution in [1.29, 1.82) is 0 Å². The van der Waals surface area contributed by atoms with Crippen molar-refractivity contribution in [1.82, 2.24) is 0 Å². The highest BCUT2D eigenvalue weighted by molar-refractivity contribution is 6.34. The quantitative estimate of drug-likeness (QED) is 0.681. The lowest BCUT2D eigenvalue weighted by molar-refractivity contribution is -0.137. The summed E-state index contributed by atoms with van der Waals surface area (Å²) in [7, 11) is 0. The minimum atomic E-state index is -4.59. The summed E-state index contributed by atoms with van der Waals surface area (Å²) in [5.74, 6) is -0.154. The summed E-state index contributed by atoms with van der Waals surface area (Å²) in [5.41, 5.74) is -0.846. The van der Waals surface area contributed by atoms with Crippen molar-refractivity contribution >= 4 is 29.5 Å². The smallest absolute Gasteiger partial charge is 0.417 e. The molecular formula is C14H7Cl2F3O2. The molecule has 0 amide bonds. The van der Waals surface area contributed by atoms with E-state index in [0.717, 1.165) is 6.07 Å². The van der Waals surface area contributed by atoms with Gasteiger partial charge >= 0.3 is 6.18 Å². The molecule has 0 aliphatic carbocycles. The van der Waals surface area contributed by atoms with Gasteiger partial charge in [-0.3, -0.25) is 4.79 Å². The molecule has 0 radical (unpaired) electrons. The summed E-state index contributed by atoms with van der Waals surface area (Å²) < 4.78 is 43.6. The summed E-state index contributed by atoms with van der Waals surface area (Å²) in [6.45, 7) is 0. The summed E-state index contributed by atoms with van der Waals surface area (Å²) in [6, 6.07) is 7.66. The summed E-state index contributed by atoms with van der Waals surface area (Å²) in [4.78, 5) is 10.8. The number of hydrogen-bond acceptors (Lipinski definition) is 2. The first-order valence-electron chi connectivity index (χ1n) is 5.62. The molecule has 0 fully saturated rings. The second kappa shape index (κ2) is 5.95. The Hall–Kier alpha value is -1.72. The summed E-state index contributed by atoms with van der Waals surface area (Å²) in [6.07, 6.45) is -4.08. The van der Waals surface area contributed by atoms with E-state index >= 15 is 0 Å². The first-order valence-corrected chi connectivity index (χ1v) is 6.37. The average Bonchev–Trinajstić information content (AvgIpc) is 2.42. The van der Waals surface area contributed by atoms with Crippen LogP contribution in [-0.2, 0) is 6.18 Å². The molecule has 0 N–H and O–H groups in total. The summed E-state index contributed by atoms with van der Waals surface area (Å²) in [5, 5.41) is -0.571. The van der Waals surface area contributed by atoms with Gasteiger partial charge in [-0.15, -0.1) is 0 Å². The number of rotatable bonds is 3. The molecule has 2 aromatic rings. The fourth-order valence-corrected chi connectivity index (χ4v) is 2.11. The Bertz CT molecular complexity index is 684. The van der Waals surface area contributed by atoms with Gasteiger partial charge in [-0.1, -0.05) is 35.3 Å². The van der Waals surface area contributed by atoms with Crippen LogP contribution in [0.3, 0.4) is 0 Å². The lowest BCUT2D eigenvalue weighted by atomic mass is 10.2. The fraction of sp³-hybridized carbons (Fsp3) is 0.0714. The van der Waals surface area contributed by atoms with Gasteiger partial charge in [-0.05, 0) is 24.3 Å². The van der Waals surface area contributed by atoms with Gasteiger partial charge in [0.15, 0.2) is 6.29 Å². The second-order valence-electron chi connectivity index (χ2n) is 3.99. The van der Waals surface area contributed by atoms with E-state index in [4.69, 9.17) is 27.9 Å². The number of hydrogen-bond donors (Lipinski definition) is 0. The van der Waals surface area contributed by atoms with Crippen molar-refractivity contribution in [2.75, 3.05) is 0 Å².